The number of amides is 1. The molecule has 35 heavy (non-hydrogen) atoms. The van der Waals surface area contributed by atoms with Crippen molar-refractivity contribution in [3.8, 4) is 22.4 Å². The van der Waals surface area contributed by atoms with Gasteiger partial charge in [0.2, 0.25) is 5.91 Å². The number of nitrogens with one attached hydrogen (secondary N) is 1. The van der Waals surface area contributed by atoms with Crippen molar-refractivity contribution < 1.29 is 4.79 Å². The maximum absolute atomic E-state index is 12.9. The molecule has 0 saturated carbocycles. The number of thioether (sulfide) groups is 1. The summed E-state index contributed by atoms with van der Waals surface area (Å²) >= 11 is 1.54. The van der Waals surface area contributed by atoms with E-state index in [0.717, 1.165) is 43.9 Å². The van der Waals surface area contributed by atoms with E-state index in [1.807, 2.05) is 42.5 Å². The average Bonchev–Trinajstić information content (AvgIpc) is 2.88. The summed E-state index contributed by atoms with van der Waals surface area (Å²) in [6, 6.07) is 34.8. The predicted octanol–water partition coefficient (Wildman–Crippen LogP) is 7.92. The minimum absolute atomic E-state index is 0.0425. The number of carbonyl (C=O) groups is 1. The predicted molar refractivity (Wildman–Crippen MR) is 148 cm³/mol. The smallest absolute Gasteiger partial charge is 0.234 e. The van der Waals surface area contributed by atoms with E-state index in [1.54, 1.807) is 0 Å². The number of anilines is 1. The number of carbonyl (C=O) groups excluding carboxylic acids is 1. The average molecular weight is 475 g/mol. The fourth-order valence-corrected chi connectivity index (χ4v) is 5.13. The maximum Gasteiger partial charge on any atom is 0.234 e. The highest BCUT2D eigenvalue weighted by Crippen LogP contribution is 2.42. The highest BCUT2D eigenvalue weighted by molar-refractivity contribution is 8.00. The molecule has 4 heteroatoms. The number of fused-ring (bicyclic) bond motifs is 1. The summed E-state index contributed by atoms with van der Waals surface area (Å²) in [5.74, 6) is 0.242. The first-order valence-corrected chi connectivity index (χ1v) is 12.6. The summed E-state index contributed by atoms with van der Waals surface area (Å²) < 4.78 is 0. The molecule has 0 aliphatic rings. The van der Waals surface area contributed by atoms with Crippen LogP contribution in [0.15, 0.2) is 108 Å². The second-order valence-corrected chi connectivity index (χ2v) is 9.60. The zero-order valence-corrected chi connectivity index (χ0v) is 20.6. The molecule has 1 heterocycles. The first-order valence-electron chi connectivity index (χ1n) is 11.6. The summed E-state index contributed by atoms with van der Waals surface area (Å²) in [5.41, 5.74) is 8.32. The van der Waals surface area contributed by atoms with Gasteiger partial charge in [-0.3, -0.25) is 4.79 Å². The van der Waals surface area contributed by atoms with E-state index in [2.05, 4.69) is 79.8 Å². The van der Waals surface area contributed by atoms with Crippen molar-refractivity contribution in [1.82, 2.24) is 4.98 Å². The Morgan fingerprint density at radius 1 is 0.743 bits per heavy atom. The van der Waals surface area contributed by atoms with Gasteiger partial charge in [0.25, 0.3) is 0 Å². The number of benzene rings is 4. The molecular formula is C31H26N2OS. The lowest BCUT2D eigenvalue weighted by atomic mass is 9.97. The molecule has 172 valence electrons. The monoisotopic (exact) mass is 474 g/mol. The first kappa shape index (κ1) is 22.9. The van der Waals surface area contributed by atoms with Gasteiger partial charge in [-0.15, -0.1) is 11.8 Å². The maximum atomic E-state index is 12.9. The van der Waals surface area contributed by atoms with Gasteiger partial charge in [-0.25, -0.2) is 4.98 Å². The Labute approximate surface area is 210 Å². The molecule has 1 aromatic heterocycles. The quantitative estimate of drug-likeness (QED) is 0.254. The summed E-state index contributed by atoms with van der Waals surface area (Å²) in [4.78, 5) is 19.0. The molecule has 0 spiro atoms. The Kier molecular flexibility index (Phi) is 6.64. The molecule has 0 radical (unpaired) electrons. The molecule has 0 bridgehead atoms. The number of hydrogen-bond acceptors (Lipinski definition) is 3. The van der Waals surface area contributed by atoms with E-state index in [4.69, 9.17) is 4.98 Å². The minimum atomic E-state index is -0.0425. The first-order chi connectivity index (χ1) is 17.1. The Balaban J connectivity index is 1.64. The molecule has 4 aromatic carbocycles. The molecule has 0 atom stereocenters. The number of pyridine rings is 1. The van der Waals surface area contributed by atoms with Crippen LogP contribution in [-0.4, -0.2) is 16.6 Å². The highest BCUT2D eigenvalue weighted by Gasteiger charge is 2.19. The highest BCUT2D eigenvalue weighted by atomic mass is 32.2. The van der Waals surface area contributed by atoms with E-state index in [9.17, 15) is 4.79 Å². The molecule has 0 saturated heterocycles. The summed E-state index contributed by atoms with van der Waals surface area (Å²) in [6.07, 6.45) is 0. The van der Waals surface area contributed by atoms with Gasteiger partial charge >= 0.3 is 0 Å². The molecule has 0 unspecified atom stereocenters. The second kappa shape index (κ2) is 10.2. The van der Waals surface area contributed by atoms with Crippen LogP contribution in [0.1, 0.15) is 11.1 Å². The van der Waals surface area contributed by atoms with Gasteiger partial charge in [-0.1, -0.05) is 96.1 Å². The standard InChI is InChI=1S/C31H26N2OS/c1-21-12-16-23(17-13-21)29-26-10-6-7-11-27(26)33-30(24-18-14-22(2)15-19-24)31(29)35-20-28(34)32-25-8-4-3-5-9-25/h3-19H,20H2,1-2H3,(H,32,34). The summed E-state index contributed by atoms with van der Waals surface area (Å²) in [6.45, 7) is 4.18. The molecule has 5 aromatic rings. The molecule has 1 amide bonds. The van der Waals surface area contributed by atoms with E-state index in [-0.39, 0.29) is 11.7 Å². The zero-order chi connectivity index (χ0) is 24.2. The lowest BCUT2D eigenvalue weighted by Gasteiger charge is -2.18. The Hall–Kier alpha value is -3.89. The largest absolute Gasteiger partial charge is 0.325 e. The van der Waals surface area contributed by atoms with Crippen LogP contribution in [0.3, 0.4) is 0 Å². The Bertz CT molecular complexity index is 1480. The van der Waals surface area contributed by atoms with Crippen molar-refractivity contribution >= 4 is 34.3 Å². The van der Waals surface area contributed by atoms with Crippen molar-refractivity contribution in [1.29, 1.82) is 0 Å². The van der Waals surface area contributed by atoms with Crippen molar-refractivity contribution in [3.05, 3.63) is 114 Å². The molecule has 3 nitrogen and oxygen atoms in total. The van der Waals surface area contributed by atoms with Crippen LogP contribution in [0.25, 0.3) is 33.3 Å². The van der Waals surface area contributed by atoms with Gasteiger partial charge in [-0.05, 0) is 37.6 Å². The number of nitrogens with zero attached hydrogens (tertiary/aromatic N) is 1. The molecule has 0 aliphatic carbocycles. The number of aryl methyl sites for hydroxylation is 2. The third kappa shape index (κ3) is 5.13. The van der Waals surface area contributed by atoms with Crippen LogP contribution in [-0.2, 0) is 4.79 Å². The molecule has 1 N–H and O–H groups in total. The van der Waals surface area contributed by atoms with Crippen LogP contribution in [0, 0.1) is 13.8 Å². The molecule has 5 rings (SSSR count). The number of hydrogen-bond donors (Lipinski definition) is 1. The molecular weight excluding hydrogens is 448 g/mol. The van der Waals surface area contributed by atoms with Gasteiger partial charge in [0.15, 0.2) is 0 Å². The number of para-hydroxylation sites is 2. The fraction of sp³-hybridized carbons (Fsp3) is 0.0968. The van der Waals surface area contributed by atoms with Crippen LogP contribution >= 0.6 is 11.8 Å². The van der Waals surface area contributed by atoms with Crippen molar-refractivity contribution in [3.63, 3.8) is 0 Å². The fourth-order valence-electron chi connectivity index (χ4n) is 4.11. The van der Waals surface area contributed by atoms with E-state index < -0.39 is 0 Å². The van der Waals surface area contributed by atoms with Crippen LogP contribution in [0.5, 0.6) is 0 Å². The Morgan fingerprint density at radius 2 is 1.34 bits per heavy atom. The third-order valence-corrected chi connectivity index (χ3v) is 7.01. The lowest BCUT2D eigenvalue weighted by molar-refractivity contribution is -0.113. The van der Waals surface area contributed by atoms with Crippen LogP contribution in [0.2, 0.25) is 0 Å². The molecule has 0 fully saturated rings. The van der Waals surface area contributed by atoms with Crippen LogP contribution in [0.4, 0.5) is 5.69 Å². The zero-order valence-electron chi connectivity index (χ0n) is 19.8. The van der Waals surface area contributed by atoms with E-state index in [0.29, 0.717) is 0 Å². The summed E-state index contributed by atoms with van der Waals surface area (Å²) in [7, 11) is 0. The lowest BCUT2D eigenvalue weighted by Crippen LogP contribution is -2.14. The van der Waals surface area contributed by atoms with E-state index in [1.165, 1.54) is 22.9 Å². The topological polar surface area (TPSA) is 42.0 Å². The summed E-state index contributed by atoms with van der Waals surface area (Å²) in [5, 5.41) is 4.08. The Morgan fingerprint density at radius 3 is 2.03 bits per heavy atom. The van der Waals surface area contributed by atoms with Crippen LogP contribution < -0.4 is 5.32 Å². The van der Waals surface area contributed by atoms with Crippen molar-refractivity contribution in [2.24, 2.45) is 0 Å². The number of rotatable bonds is 6. The SMILES string of the molecule is Cc1ccc(-c2nc3ccccc3c(-c3ccc(C)cc3)c2SCC(=O)Nc2ccccc2)cc1. The van der Waals surface area contributed by atoms with Gasteiger partial charge in [-0.2, -0.15) is 0 Å². The van der Waals surface area contributed by atoms with Gasteiger partial charge in [0, 0.05) is 27.1 Å². The minimum Gasteiger partial charge on any atom is -0.325 e. The van der Waals surface area contributed by atoms with E-state index >= 15 is 0 Å². The van der Waals surface area contributed by atoms with Crippen molar-refractivity contribution in [2.45, 2.75) is 18.7 Å². The normalized spacial score (nSPS) is 10.9. The number of aromatic nitrogens is 1. The molecule has 0 aliphatic heterocycles. The van der Waals surface area contributed by atoms with Gasteiger partial charge in [0.05, 0.1) is 17.0 Å². The van der Waals surface area contributed by atoms with Gasteiger partial charge < -0.3 is 5.32 Å². The third-order valence-electron chi connectivity index (χ3n) is 5.92. The van der Waals surface area contributed by atoms with Crippen molar-refractivity contribution in [2.75, 3.05) is 11.1 Å². The second-order valence-electron chi connectivity index (χ2n) is 8.62. The van der Waals surface area contributed by atoms with Gasteiger partial charge in [0.1, 0.15) is 0 Å².